The Labute approximate surface area is 167 Å². The molecule has 0 N–H and O–H groups in total. The predicted molar refractivity (Wildman–Crippen MR) is 109 cm³/mol. The summed E-state index contributed by atoms with van der Waals surface area (Å²) in [6, 6.07) is 12.0. The van der Waals surface area contributed by atoms with Gasteiger partial charge in [-0.05, 0) is 58.1 Å². The monoisotopic (exact) mass is 381 g/mol. The second kappa shape index (κ2) is 7.41. The lowest BCUT2D eigenvalue weighted by Crippen LogP contribution is -2.41. The van der Waals surface area contributed by atoms with Crippen molar-refractivity contribution in [2.45, 2.75) is 58.3 Å². The zero-order valence-corrected chi connectivity index (χ0v) is 17.1. The van der Waals surface area contributed by atoms with Crippen LogP contribution in [0.3, 0.4) is 0 Å². The van der Waals surface area contributed by atoms with Crippen molar-refractivity contribution in [1.82, 2.24) is 4.98 Å². The maximum Gasteiger partial charge on any atom is 0.496 e. The Morgan fingerprint density at radius 2 is 1.71 bits per heavy atom. The third-order valence-corrected chi connectivity index (χ3v) is 5.75. The minimum Gasteiger partial charge on any atom is -0.488 e. The van der Waals surface area contributed by atoms with Gasteiger partial charge in [0.1, 0.15) is 6.61 Å². The standard InChI is InChI=1S/C22H28BNO4/c1-21(2)22(3,4)28-23(27-21)18-12-19(25-14-17-10-11-17)20(24-13-18)26-15-16-8-6-5-7-9-16/h5-9,12-13,17H,10-11,14-15H2,1-4H3. The van der Waals surface area contributed by atoms with E-state index >= 15 is 0 Å². The molecule has 2 heterocycles. The average Bonchev–Trinajstić information content (AvgIpc) is 3.45. The normalized spacial score (nSPS) is 20.2. The first-order chi connectivity index (χ1) is 13.3. The first-order valence-corrected chi connectivity index (χ1v) is 9.99. The summed E-state index contributed by atoms with van der Waals surface area (Å²) in [5.41, 5.74) is 1.15. The minimum atomic E-state index is -0.469. The molecule has 0 bridgehead atoms. The molecule has 2 aromatic rings. The lowest BCUT2D eigenvalue weighted by Gasteiger charge is -2.32. The predicted octanol–water partition coefficient (Wildman–Crippen LogP) is 3.75. The van der Waals surface area contributed by atoms with E-state index in [1.807, 2.05) is 64.1 Å². The molecule has 1 aliphatic heterocycles. The lowest BCUT2D eigenvalue weighted by molar-refractivity contribution is 0.00578. The van der Waals surface area contributed by atoms with Crippen molar-refractivity contribution in [2.75, 3.05) is 6.61 Å². The van der Waals surface area contributed by atoms with Crippen LogP contribution in [0.25, 0.3) is 0 Å². The molecule has 1 saturated carbocycles. The Bertz CT molecular complexity index is 805. The summed E-state index contributed by atoms with van der Waals surface area (Å²) in [6.45, 7) is 9.31. The molecule has 28 heavy (non-hydrogen) atoms. The van der Waals surface area contributed by atoms with Crippen molar-refractivity contribution in [2.24, 2.45) is 5.92 Å². The third-order valence-electron chi connectivity index (χ3n) is 5.75. The van der Waals surface area contributed by atoms with Crippen molar-refractivity contribution >= 4 is 12.6 Å². The first-order valence-electron chi connectivity index (χ1n) is 9.99. The van der Waals surface area contributed by atoms with Crippen LogP contribution in [0.15, 0.2) is 42.6 Å². The molecular weight excluding hydrogens is 353 g/mol. The summed E-state index contributed by atoms with van der Waals surface area (Å²) in [5, 5.41) is 0. The van der Waals surface area contributed by atoms with Gasteiger partial charge < -0.3 is 18.8 Å². The number of aromatic nitrogens is 1. The SMILES string of the molecule is CC1(C)OB(c2cnc(OCc3ccccc3)c(OCC3CC3)c2)OC1(C)C. The lowest BCUT2D eigenvalue weighted by atomic mass is 9.80. The molecule has 2 fully saturated rings. The molecule has 1 aromatic heterocycles. The summed E-state index contributed by atoms with van der Waals surface area (Å²) < 4.78 is 24.3. The maximum absolute atomic E-state index is 6.15. The summed E-state index contributed by atoms with van der Waals surface area (Å²) >= 11 is 0. The van der Waals surface area contributed by atoms with Gasteiger partial charge in [-0.1, -0.05) is 30.3 Å². The smallest absolute Gasteiger partial charge is 0.488 e. The van der Waals surface area contributed by atoms with Crippen LogP contribution in [0, 0.1) is 5.92 Å². The van der Waals surface area contributed by atoms with E-state index in [1.165, 1.54) is 12.8 Å². The van der Waals surface area contributed by atoms with Crippen LogP contribution < -0.4 is 14.9 Å². The topological polar surface area (TPSA) is 49.8 Å². The molecule has 0 atom stereocenters. The summed E-state index contributed by atoms with van der Waals surface area (Å²) in [7, 11) is -0.469. The van der Waals surface area contributed by atoms with Gasteiger partial charge in [-0.3, -0.25) is 0 Å². The van der Waals surface area contributed by atoms with E-state index in [4.69, 9.17) is 18.8 Å². The van der Waals surface area contributed by atoms with Crippen LogP contribution >= 0.6 is 0 Å². The van der Waals surface area contributed by atoms with E-state index < -0.39 is 18.3 Å². The second-order valence-electron chi connectivity index (χ2n) is 8.69. The minimum absolute atomic E-state index is 0.394. The summed E-state index contributed by atoms with van der Waals surface area (Å²) in [4.78, 5) is 4.52. The first kappa shape index (κ1) is 19.3. The van der Waals surface area contributed by atoms with Gasteiger partial charge in [0, 0.05) is 11.7 Å². The van der Waals surface area contributed by atoms with E-state index in [-0.39, 0.29) is 0 Å². The van der Waals surface area contributed by atoms with Crippen molar-refractivity contribution in [3.05, 3.63) is 48.2 Å². The molecule has 0 unspecified atom stereocenters. The number of rotatable bonds is 7. The molecule has 2 aliphatic rings. The summed E-state index contributed by atoms with van der Waals surface area (Å²) in [5.74, 6) is 1.79. The highest BCUT2D eigenvalue weighted by atomic mass is 16.7. The Morgan fingerprint density at radius 3 is 2.36 bits per heavy atom. The number of hydrogen-bond acceptors (Lipinski definition) is 5. The molecule has 1 saturated heterocycles. The van der Waals surface area contributed by atoms with Crippen LogP contribution in [0.2, 0.25) is 0 Å². The largest absolute Gasteiger partial charge is 0.496 e. The second-order valence-corrected chi connectivity index (χ2v) is 8.69. The van der Waals surface area contributed by atoms with Gasteiger partial charge in [0.2, 0.25) is 0 Å². The fourth-order valence-electron chi connectivity index (χ4n) is 2.99. The van der Waals surface area contributed by atoms with E-state index in [9.17, 15) is 0 Å². The van der Waals surface area contributed by atoms with Crippen LogP contribution in [0.4, 0.5) is 0 Å². The Hall–Kier alpha value is -2.05. The fourth-order valence-corrected chi connectivity index (χ4v) is 2.99. The highest BCUT2D eigenvalue weighted by molar-refractivity contribution is 6.62. The molecule has 4 rings (SSSR count). The molecular formula is C22H28BNO4. The van der Waals surface area contributed by atoms with E-state index in [0.29, 0.717) is 30.8 Å². The highest BCUT2D eigenvalue weighted by Gasteiger charge is 2.52. The van der Waals surface area contributed by atoms with Crippen LogP contribution in [0.5, 0.6) is 11.6 Å². The fraction of sp³-hybridized carbons (Fsp3) is 0.500. The Kier molecular flexibility index (Phi) is 5.10. The van der Waals surface area contributed by atoms with Gasteiger partial charge in [0.15, 0.2) is 5.75 Å². The third kappa shape index (κ3) is 4.18. The molecule has 6 heteroatoms. The van der Waals surface area contributed by atoms with Crippen molar-refractivity contribution in [3.63, 3.8) is 0 Å². The zero-order chi connectivity index (χ0) is 19.8. The van der Waals surface area contributed by atoms with E-state index in [0.717, 1.165) is 11.0 Å². The van der Waals surface area contributed by atoms with Gasteiger partial charge in [-0.2, -0.15) is 0 Å². The van der Waals surface area contributed by atoms with Crippen molar-refractivity contribution in [1.29, 1.82) is 0 Å². The average molecular weight is 381 g/mol. The molecule has 5 nitrogen and oxygen atoms in total. The molecule has 0 spiro atoms. The van der Waals surface area contributed by atoms with Crippen molar-refractivity contribution in [3.8, 4) is 11.6 Å². The molecule has 1 aromatic carbocycles. The number of ether oxygens (including phenoxy) is 2. The Morgan fingerprint density at radius 1 is 1.04 bits per heavy atom. The number of pyridine rings is 1. The van der Waals surface area contributed by atoms with E-state index in [1.54, 1.807) is 6.20 Å². The van der Waals surface area contributed by atoms with Gasteiger partial charge in [-0.15, -0.1) is 0 Å². The van der Waals surface area contributed by atoms with Gasteiger partial charge in [-0.25, -0.2) is 4.98 Å². The van der Waals surface area contributed by atoms with Crippen LogP contribution in [-0.4, -0.2) is 29.9 Å². The zero-order valence-electron chi connectivity index (χ0n) is 17.1. The number of hydrogen-bond donors (Lipinski definition) is 0. The van der Waals surface area contributed by atoms with Crippen LogP contribution in [-0.2, 0) is 15.9 Å². The van der Waals surface area contributed by atoms with Gasteiger partial charge in [0.05, 0.1) is 17.8 Å². The van der Waals surface area contributed by atoms with Crippen LogP contribution in [0.1, 0.15) is 46.1 Å². The molecule has 1 aliphatic carbocycles. The van der Waals surface area contributed by atoms with Gasteiger partial charge in [0.25, 0.3) is 5.88 Å². The molecule has 0 amide bonds. The molecule has 148 valence electrons. The van der Waals surface area contributed by atoms with Crippen molar-refractivity contribution < 1.29 is 18.8 Å². The summed E-state index contributed by atoms with van der Waals surface area (Å²) in [6.07, 6.45) is 4.21. The maximum atomic E-state index is 6.15. The van der Waals surface area contributed by atoms with E-state index in [2.05, 4.69) is 4.98 Å². The van der Waals surface area contributed by atoms with Gasteiger partial charge >= 0.3 is 7.12 Å². The Balaban J connectivity index is 1.53. The number of benzene rings is 1. The molecule has 0 radical (unpaired) electrons. The quantitative estimate of drug-likeness (QED) is 0.684. The number of nitrogens with zero attached hydrogens (tertiary/aromatic N) is 1. The highest BCUT2D eigenvalue weighted by Crippen LogP contribution is 2.37.